The number of nitrogens with zero attached hydrogens (tertiary/aromatic N) is 2. The molecule has 1 saturated heterocycles. The molecule has 2 aromatic carbocycles. The number of aryl methyl sites for hydroxylation is 1. The highest BCUT2D eigenvalue weighted by atomic mass is 127. The van der Waals surface area contributed by atoms with Gasteiger partial charge in [0, 0.05) is 51.9 Å². The van der Waals surface area contributed by atoms with E-state index >= 15 is 0 Å². The summed E-state index contributed by atoms with van der Waals surface area (Å²) in [7, 11) is 1.77. The minimum atomic E-state index is 0. The Morgan fingerprint density at radius 2 is 1.76 bits per heavy atom. The van der Waals surface area contributed by atoms with Crippen LogP contribution in [-0.4, -0.2) is 56.7 Å². The number of morpholine rings is 1. The van der Waals surface area contributed by atoms with E-state index in [1.807, 2.05) is 24.3 Å². The van der Waals surface area contributed by atoms with Crippen LogP contribution in [0.15, 0.2) is 53.5 Å². The first-order chi connectivity index (χ1) is 15.7. The van der Waals surface area contributed by atoms with Gasteiger partial charge in [-0.25, -0.2) is 0 Å². The summed E-state index contributed by atoms with van der Waals surface area (Å²) >= 11 is 0. The van der Waals surface area contributed by atoms with Gasteiger partial charge in [-0.05, 0) is 35.2 Å². The molecule has 3 rings (SSSR count). The summed E-state index contributed by atoms with van der Waals surface area (Å²) in [6, 6.07) is 16.4. The zero-order valence-electron chi connectivity index (χ0n) is 19.6. The smallest absolute Gasteiger partial charge is 0.225 e. The highest BCUT2D eigenvalue weighted by molar-refractivity contribution is 14.0. The van der Waals surface area contributed by atoms with Crippen molar-refractivity contribution in [3.63, 3.8) is 0 Å². The largest absolute Gasteiger partial charge is 0.379 e. The fraction of sp³-hybridized carbons (Fsp3) is 0.440. The number of carbonyl (C=O) groups excluding carboxylic acids is 1. The number of hydrogen-bond donors (Lipinski definition) is 3. The summed E-state index contributed by atoms with van der Waals surface area (Å²) < 4.78 is 5.35. The van der Waals surface area contributed by atoms with Gasteiger partial charge in [-0.15, -0.1) is 24.0 Å². The van der Waals surface area contributed by atoms with Crippen LogP contribution in [0.2, 0.25) is 0 Å². The molecule has 0 saturated carbocycles. The molecule has 0 aromatic heterocycles. The molecule has 1 aliphatic rings. The van der Waals surface area contributed by atoms with Crippen molar-refractivity contribution >= 4 is 41.5 Å². The number of carbonyl (C=O) groups is 1. The molecule has 1 heterocycles. The fourth-order valence-corrected chi connectivity index (χ4v) is 3.73. The molecular formula is C25H36IN5O2. The minimum absolute atomic E-state index is 0. The number of guanidine groups is 1. The molecule has 1 fully saturated rings. The van der Waals surface area contributed by atoms with Crippen LogP contribution in [0, 0.1) is 0 Å². The maximum absolute atomic E-state index is 12.3. The van der Waals surface area contributed by atoms with E-state index in [9.17, 15) is 4.79 Å². The summed E-state index contributed by atoms with van der Waals surface area (Å²) in [4.78, 5) is 18.9. The van der Waals surface area contributed by atoms with E-state index in [4.69, 9.17) is 4.74 Å². The molecule has 180 valence electrons. The molecule has 0 unspecified atom stereocenters. The van der Waals surface area contributed by atoms with Crippen molar-refractivity contribution in [1.29, 1.82) is 0 Å². The predicted octanol–water partition coefficient (Wildman–Crippen LogP) is 3.39. The van der Waals surface area contributed by atoms with Crippen LogP contribution in [0.4, 0.5) is 5.69 Å². The van der Waals surface area contributed by atoms with Crippen molar-refractivity contribution in [3.05, 3.63) is 65.2 Å². The van der Waals surface area contributed by atoms with E-state index in [0.717, 1.165) is 63.0 Å². The third kappa shape index (κ3) is 9.30. The van der Waals surface area contributed by atoms with Gasteiger partial charge in [0.15, 0.2) is 5.96 Å². The lowest BCUT2D eigenvalue weighted by atomic mass is 10.1. The maximum atomic E-state index is 12.3. The Kier molecular flexibility index (Phi) is 12.2. The Morgan fingerprint density at radius 3 is 2.48 bits per heavy atom. The number of halogens is 1. The second kappa shape index (κ2) is 14.9. The number of nitrogens with one attached hydrogen (secondary N) is 3. The Balaban J connectivity index is 0.00000385. The summed E-state index contributed by atoms with van der Waals surface area (Å²) in [5.74, 6) is 0.782. The van der Waals surface area contributed by atoms with Crippen LogP contribution in [0.3, 0.4) is 0 Å². The Bertz CT molecular complexity index is 900. The topological polar surface area (TPSA) is 78.0 Å². The number of rotatable bonds is 9. The summed E-state index contributed by atoms with van der Waals surface area (Å²) in [5.41, 5.74) is 4.51. The first-order valence-electron chi connectivity index (χ1n) is 11.4. The van der Waals surface area contributed by atoms with Gasteiger partial charge in [-0.2, -0.15) is 0 Å². The number of aliphatic imine (C=N–C) groups is 1. The van der Waals surface area contributed by atoms with Crippen molar-refractivity contribution in [3.8, 4) is 0 Å². The van der Waals surface area contributed by atoms with Crippen LogP contribution in [0.5, 0.6) is 0 Å². The molecule has 8 heteroatoms. The Labute approximate surface area is 214 Å². The number of anilines is 1. The van der Waals surface area contributed by atoms with E-state index in [2.05, 4.69) is 57.0 Å². The van der Waals surface area contributed by atoms with Gasteiger partial charge in [0.25, 0.3) is 0 Å². The third-order valence-corrected chi connectivity index (χ3v) is 5.60. The van der Waals surface area contributed by atoms with Crippen molar-refractivity contribution in [2.24, 2.45) is 4.99 Å². The predicted molar refractivity (Wildman–Crippen MR) is 145 cm³/mol. The normalized spacial score (nSPS) is 14.3. The minimum Gasteiger partial charge on any atom is -0.379 e. The molecule has 33 heavy (non-hydrogen) atoms. The van der Waals surface area contributed by atoms with Gasteiger partial charge in [0.05, 0.1) is 13.2 Å². The van der Waals surface area contributed by atoms with Crippen molar-refractivity contribution in [2.75, 3.05) is 45.2 Å². The van der Waals surface area contributed by atoms with Gasteiger partial charge in [-0.1, -0.05) is 43.3 Å². The molecule has 0 spiro atoms. The van der Waals surface area contributed by atoms with Gasteiger partial charge in [0.1, 0.15) is 0 Å². The first kappa shape index (κ1) is 27.1. The SMILES string of the molecule is CCc1ccccc1CNC(=NC)NCc1cccc(NC(=O)CCN2CCOCC2)c1.I. The molecule has 3 N–H and O–H groups in total. The second-order valence-electron chi connectivity index (χ2n) is 7.85. The molecule has 1 aliphatic heterocycles. The molecule has 0 aliphatic carbocycles. The first-order valence-corrected chi connectivity index (χ1v) is 11.4. The van der Waals surface area contributed by atoms with Crippen LogP contribution in [-0.2, 0) is 29.0 Å². The molecule has 2 aromatic rings. The van der Waals surface area contributed by atoms with E-state index in [1.54, 1.807) is 7.05 Å². The van der Waals surface area contributed by atoms with E-state index in [0.29, 0.717) is 13.0 Å². The highest BCUT2D eigenvalue weighted by Gasteiger charge is 2.12. The number of benzene rings is 2. The average Bonchev–Trinajstić information content (AvgIpc) is 2.84. The summed E-state index contributed by atoms with van der Waals surface area (Å²) in [6.45, 7) is 7.57. The quantitative estimate of drug-likeness (QED) is 0.247. The average molecular weight is 566 g/mol. The number of hydrogen-bond acceptors (Lipinski definition) is 4. The Morgan fingerprint density at radius 1 is 1.03 bits per heavy atom. The maximum Gasteiger partial charge on any atom is 0.225 e. The van der Waals surface area contributed by atoms with Crippen LogP contribution >= 0.6 is 24.0 Å². The standard InChI is InChI=1S/C25H35N5O2.HI/c1-3-21-8-4-5-9-22(21)19-28-25(26-2)27-18-20-7-6-10-23(17-20)29-24(31)11-12-30-13-15-32-16-14-30;/h4-10,17H,3,11-16,18-19H2,1-2H3,(H,29,31)(H2,26,27,28);1H. The van der Waals surface area contributed by atoms with Gasteiger partial charge < -0.3 is 20.7 Å². The van der Waals surface area contributed by atoms with Crippen molar-refractivity contribution < 1.29 is 9.53 Å². The Hall–Kier alpha value is -2.17. The van der Waals surface area contributed by atoms with E-state index in [1.165, 1.54) is 11.1 Å². The van der Waals surface area contributed by atoms with E-state index < -0.39 is 0 Å². The van der Waals surface area contributed by atoms with Crippen molar-refractivity contribution in [1.82, 2.24) is 15.5 Å². The summed E-state index contributed by atoms with van der Waals surface area (Å²) in [5, 5.41) is 9.74. The number of amides is 1. The zero-order valence-corrected chi connectivity index (χ0v) is 21.9. The lowest BCUT2D eigenvalue weighted by Gasteiger charge is -2.26. The third-order valence-electron chi connectivity index (χ3n) is 5.60. The molecule has 7 nitrogen and oxygen atoms in total. The molecular weight excluding hydrogens is 529 g/mol. The van der Waals surface area contributed by atoms with Crippen LogP contribution < -0.4 is 16.0 Å². The number of ether oxygens (including phenoxy) is 1. The fourth-order valence-electron chi connectivity index (χ4n) is 3.73. The van der Waals surface area contributed by atoms with Gasteiger partial charge >= 0.3 is 0 Å². The molecule has 1 amide bonds. The zero-order chi connectivity index (χ0) is 22.6. The van der Waals surface area contributed by atoms with Crippen molar-refractivity contribution in [2.45, 2.75) is 32.9 Å². The van der Waals surface area contributed by atoms with Crippen LogP contribution in [0.25, 0.3) is 0 Å². The second-order valence-corrected chi connectivity index (χ2v) is 7.85. The molecule has 0 bridgehead atoms. The van der Waals surface area contributed by atoms with E-state index in [-0.39, 0.29) is 29.9 Å². The summed E-state index contributed by atoms with van der Waals surface area (Å²) in [6.07, 6.45) is 1.49. The van der Waals surface area contributed by atoms with Gasteiger partial charge in [0.2, 0.25) is 5.91 Å². The molecule has 0 radical (unpaired) electrons. The lowest BCUT2D eigenvalue weighted by Crippen LogP contribution is -2.38. The lowest BCUT2D eigenvalue weighted by molar-refractivity contribution is -0.116. The van der Waals surface area contributed by atoms with Crippen LogP contribution in [0.1, 0.15) is 30.0 Å². The molecule has 0 atom stereocenters. The highest BCUT2D eigenvalue weighted by Crippen LogP contribution is 2.12. The van der Waals surface area contributed by atoms with Gasteiger partial charge in [-0.3, -0.25) is 14.7 Å². The monoisotopic (exact) mass is 565 g/mol.